The maximum absolute atomic E-state index is 6.36. The van der Waals surface area contributed by atoms with Gasteiger partial charge in [0.15, 0.2) is 0 Å². The highest BCUT2D eigenvalue weighted by molar-refractivity contribution is 5.16. The third kappa shape index (κ3) is 3.30. The summed E-state index contributed by atoms with van der Waals surface area (Å²) in [5.74, 6) is 0. The Morgan fingerprint density at radius 1 is 1.28 bits per heavy atom. The highest BCUT2D eigenvalue weighted by atomic mass is 15.2. The van der Waals surface area contributed by atoms with Crippen molar-refractivity contribution in [3.05, 3.63) is 30.1 Å². The molecule has 18 heavy (non-hydrogen) atoms. The second-order valence-electron chi connectivity index (χ2n) is 5.25. The van der Waals surface area contributed by atoms with Crippen molar-refractivity contribution in [2.75, 3.05) is 13.1 Å². The van der Waals surface area contributed by atoms with Gasteiger partial charge in [-0.2, -0.15) is 0 Å². The number of nitrogens with two attached hydrogens (primary N) is 1. The summed E-state index contributed by atoms with van der Waals surface area (Å²) in [6.45, 7) is 4.52. The minimum Gasteiger partial charge on any atom is -0.326 e. The predicted molar refractivity (Wildman–Crippen MR) is 75.3 cm³/mol. The predicted octanol–water partition coefficient (Wildman–Crippen LogP) is 2.74. The van der Waals surface area contributed by atoms with Crippen LogP contribution < -0.4 is 5.73 Å². The van der Waals surface area contributed by atoms with Gasteiger partial charge in [-0.3, -0.25) is 9.88 Å². The third-order valence-corrected chi connectivity index (χ3v) is 3.94. The lowest BCUT2D eigenvalue weighted by Crippen LogP contribution is -2.41. The van der Waals surface area contributed by atoms with Gasteiger partial charge in [0.05, 0.1) is 6.04 Å². The van der Waals surface area contributed by atoms with E-state index in [1.54, 1.807) is 0 Å². The number of nitrogens with zero attached hydrogens (tertiary/aromatic N) is 2. The van der Waals surface area contributed by atoms with Crippen molar-refractivity contribution in [1.29, 1.82) is 0 Å². The second kappa shape index (κ2) is 6.86. The molecule has 0 aromatic carbocycles. The number of pyridine rings is 1. The van der Waals surface area contributed by atoms with Crippen molar-refractivity contribution in [3.8, 4) is 0 Å². The fourth-order valence-electron chi connectivity index (χ4n) is 2.88. The molecule has 100 valence electrons. The summed E-state index contributed by atoms with van der Waals surface area (Å²) in [5, 5.41) is 0. The third-order valence-electron chi connectivity index (χ3n) is 3.94. The molecule has 0 aliphatic carbocycles. The van der Waals surface area contributed by atoms with E-state index in [1.165, 1.54) is 44.3 Å². The summed E-state index contributed by atoms with van der Waals surface area (Å²) in [6.07, 6.45) is 10.1. The number of aromatic nitrogens is 1. The number of hydrogen-bond acceptors (Lipinski definition) is 3. The molecule has 1 aromatic heterocycles. The monoisotopic (exact) mass is 247 g/mol. The smallest absolute Gasteiger partial charge is 0.0514 e. The van der Waals surface area contributed by atoms with Crippen molar-refractivity contribution in [2.24, 2.45) is 5.73 Å². The molecule has 1 aliphatic heterocycles. The topological polar surface area (TPSA) is 42.1 Å². The van der Waals surface area contributed by atoms with Gasteiger partial charge in [-0.15, -0.1) is 0 Å². The van der Waals surface area contributed by atoms with Crippen molar-refractivity contribution in [1.82, 2.24) is 9.88 Å². The first-order valence-corrected chi connectivity index (χ1v) is 7.22. The summed E-state index contributed by atoms with van der Waals surface area (Å²) in [4.78, 5) is 6.83. The van der Waals surface area contributed by atoms with Gasteiger partial charge in [-0.05, 0) is 44.0 Å². The van der Waals surface area contributed by atoms with Gasteiger partial charge in [0.25, 0.3) is 0 Å². The lowest BCUT2D eigenvalue weighted by molar-refractivity contribution is 0.175. The van der Waals surface area contributed by atoms with Crippen LogP contribution in [0.5, 0.6) is 0 Å². The molecule has 3 nitrogen and oxygen atoms in total. The first kappa shape index (κ1) is 13.5. The Bertz CT molecular complexity index is 331. The molecule has 2 N–H and O–H groups in total. The molecule has 1 saturated heterocycles. The van der Waals surface area contributed by atoms with Crippen molar-refractivity contribution < 1.29 is 0 Å². The van der Waals surface area contributed by atoms with E-state index in [9.17, 15) is 0 Å². The average Bonchev–Trinajstić information content (AvgIpc) is 2.69. The van der Waals surface area contributed by atoms with Crippen LogP contribution in [0, 0.1) is 0 Å². The Balaban J connectivity index is 2.18. The second-order valence-corrected chi connectivity index (χ2v) is 5.25. The van der Waals surface area contributed by atoms with Crippen molar-refractivity contribution >= 4 is 0 Å². The number of likely N-dealkylation sites (tertiary alicyclic amines) is 1. The van der Waals surface area contributed by atoms with E-state index in [-0.39, 0.29) is 6.04 Å². The molecule has 0 bridgehead atoms. The van der Waals surface area contributed by atoms with Crippen LogP contribution in [0.3, 0.4) is 0 Å². The van der Waals surface area contributed by atoms with E-state index >= 15 is 0 Å². The van der Waals surface area contributed by atoms with E-state index < -0.39 is 0 Å². The van der Waals surface area contributed by atoms with Crippen LogP contribution in [0.1, 0.15) is 50.6 Å². The molecule has 0 amide bonds. The van der Waals surface area contributed by atoms with Gasteiger partial charge in [0.1, 0.15) is 0 Å². The Morgan fingerprint density at radius 3 is 2.56 bits per heavy atom. The molecule has 2 atom stereocenters. The van der Waals surface area contributed by atoms with Crippen LogP contribution in [0.25, 0.3) is 0 Å². The average molecular weight is 247 g/mol. The van der Waals surface area contributed by atoms with E-state index in [1.807, 2.05) is 18.5 Å². The number of hydrogen-bond donors (Lipinski definition) is 1. The zero-order valence-corrected chi connectivity index (χ0v) is 11.4. The maximum Gasteiger partial charge on any atom is 0.0514 e. The lowest BCUT2D eigenvalue weighted by atomic mass is 9.97. The van der Waals surface area contributed by atoms with E-state index in [4.69, 9.17) is 5.73 Å². The SMILES string of the molecule is CCC(N)C(c1cccnc1)N1CCCCCC1. The fourth-order valence-corrected chi connectivity index (χ4v) is 2.88. The minimum atomic E-state index is 0.201. The Kier molecular flexibility index (Phi) is 5.14. The first-order valence-electron chi connectivity index (χ1n) is 7.22. The van der Waals surface area contributed by atoms with Crippen LogP contribution in [0.15, 0.2) is 24.5 Å². The van der Waals surface area contributed by atoms with Crippen LogP contribution in [-0.2, 0) is 0 Å². The van der Waals surface area contributed by atoms with Gasteiger partial charge >= 0.3 is 0 Å². The molecule has 1 fully saturated rings. The summed E-state index contributed by atoms with van der Waals surface area (Å²) in [6, 6.07) is 4.72. The van der Waals surface area contributed by atoms with Crippen LogP contribution >= 0.6 is 0 Å². The highest BCUT2D eigenvalue weighted by Crippen LogP contribution is 2.27. The van der Waals surface area contributed by atoms with E-state index in [2.05, 4.69) is 22.9 Å². The molecule has 0 spiro atoms. The minimum absolute atomic E-state index is 0.201. The molecule has 1 aromatic rings. The molecule has 0 saturated carbocycles. The van der Waals surface area contributed by atoms with Crippen molar-refractivity contribution in [3.63, 3.8) is 0 Å². The zero-order valence-electron chi connectivity index (χ0n) is 11.4. The molecule has 3 heteroatoms. The quantitative estimate of drug-likeness (QED) is 0.889. The molecular formula is C15H25N3. The van der Waals surface area contributed by atoms with E-state index in [0.29, 0.717) is 6.04 Å². The van der Waals surface area contributed by atoms with E-state index in [0.717, 1.165) is 6.42 Å². The Hall–Kier alpha value is -0.930. The molecule has 0 radical (unpaired) electrons. The summed E-state index contributed by atoms with van der Waals surface area (Å²) < 4.78 is 0. The van der Waals surface area contributed by atoms with Gasteiger partial charge in [0.2, 0.25) is 0 Å². The first-order chi connectivity index (χ1) is 8.83. The summed E-state index contributed by atoms with van der Waals surface area (Å²) >= 11 is 0. The largest absolute Gasteiger partial charge is 0.326 e. The molecule has 1 aliphatic rings. The lowest BCUT2D eigenvalue weighted by Gasteiger charge is -2.34. The molecule has 2 rings (SSSR count). The normalized spacial score (nSPS) is 21.2. The van der Waals surface area contributed by atoms with Gasteiger partial charge in [-0.25, -0.2) is 0 Å². The fraction of sp³-hybridized carbons (Fsp3) is 0.667. The van der Waals surface area contributed by atoms with Gasteiger partial charge in [0, 0.05) is 18.4 Å². The van der Waals surface area contributed by atoms with Crippen molar-refractivity contribution in [2.45, 2.75) is 51.1 Å². The molecule has 2 heterocycles. The van der Waals surface area contributed by atoms with Crippen LogP contribution in [0.4, 0.5) is 0 Å². The Morgan fingerprint density at radius 2 is 2.00 bits per heavy atom. The molecule has 2 unspecified atom stereocenters. The standard InChI is InChI=1S/C15H25N3/c1-2-14(16)15(13-8-7-9-17-12-13)18-10-5-3-4-6-11-18/h7-9,12,14-15H,2-6,10-11,16H2,1H3. The molecular weight excluding hydrogens is 222 g/mol. The summed E-state index contributed by atoms with van der Waals surface area (Å²) in [7, 11) is 0. The van der Waals surface area contributed by atoms with Gasteiger partial charge in [-0.1, -0.05) is 25.8 Å². The maximum atomic E-state index is 6.36. The summed E-state index contributed by atoms with van der Waals surface area (Å²) in [5.41, 5.74) is 7.63. The van der Waals surface area contributed by atoms with Crippen LogP contribution in [0.2, 0.25) is 0 Å². The van der Waals surface area contributed by atoms with Crippen LogP contribution in [-0.4, -0.2) is 29.0 Å². The highest BCUT2D eigenvalue weighted by Gasteiger charge is 2.26. The Labute approximate surface area is 110 Å². The van der Waals surface area contributed by atoms with Gasteiger partial charge < -0.3 is 5.73 Å². The zero-order chi connectivity index (χ0) is 12.8. The number of rotatable bonds is 4.